The highest BCUT2D eigenvalue weighted by atomic mass is 19.1. The topological polar surface area (TPSA) is 104 Å². The van der Waals surface area contributed by atoms with E-state index >= 15 is 0 Å². The number of hydrogen-bond donors (Lipinski definition) is 1. The van der Waals surface area contributed by atoms with Crippen LogP contribution in [-0.2, 0) is 7.05 Å². The van der Waals surface area contributed by atoms with Crippen LogP contribution in [0.2, 0.25) is 0 Å². The molecule has 1 fully saturated rings. The van der Waals surface area contributed by atoms with Crippen molar-refractivity contribution in [2.24, 2.45) is 7.05 Å². The fourth-order valence-corrected chi connectivity index (χ4v) is 4.73. The molecule has 1 unspecified atom stereocenters. The normalized spacial score (nSPS) is 17.5. The molecule has 2 aliphatic rings. The Balaban J connectivity index is 1.88. The van der Waals surface area contributed by atoms with Crippen molar-refractivity contribution in [3.05, 3.63) is 53.1 Å². The summed E-state index contributed by atoms with van der Waals surface area (Å²) in [5, 5.41) is 14.0. The highest BCUT2D eigenvalue weighted by Crippen LogP contribution is 2.44. The lowest BCUT2D eigenvalue weighted by Crippen LogP contribution is -2.31. The Labute approximate surface area is 178 Å². The summed E-state index contributed by atoms with van der Waals surface area (Å²) in [5.41, 5.74) is 9.32. The number of aromatic nitrogens is 3. The second-order valence-corrected chi connectivity index (χ2v) is 7.86. The molecule has 1 amide bonds. The van der Waals surface area contributed by atoms with Crippen molar-refractivity contribution in [1.82, 2.24) is 14.8 Å². The number of anilines is 3. The quantitative estimate of drug-likeness (QED) is 0.603. The average Bonchev–Trinajstić information content (AvgIpc) is 3.37. The van der Waals surface area contributed by atoms with E-state index in [0.717, 1.165) is 12.8 Å². The van der Waals surface area contributed by atoms with Gasteiger partial charge in [-0.15, -0.1) is 0 Å². The monoisotopic (exact) mass is 417 g/mol. The number of nitriles is 1. The first-order valence-corrected chi connectivity index (χ1v) is 9.98. The van der Waals surface area contributed by atoms with E-state index < -0.39 is 5.82 Å². The smallest absolute Gasteiger partial charge is 0.259 e. The van der Waals surface area contributed by atoms with Gasteiger partial charge in [0.1, 0.15) is 23.5 Å². The van der Waals surface area contributed by atoms with Gasteiger partial charge in [0.05, 0.1) is 17.3 Å². The van der Waals surface area contributed by atoms with Gasteiger partial charge in [-0.25, -0.2) is 9.37 Å². The number of nitrogen functional groups attached to an aromatic ring is 1. The third kappa shape index (κ3) is 2.75. The van der Waals surface area contributed by atoms with Crippen molar-refractivity contribution in [2.75, 3.05) is 29.1 Å². The van der Waals surface area contributed by atoms with E-state index in [-0.39, 0.29) is 17.6 Å². The lowest BCUT2D eigenvalue weighted by molar-refractivity contribution is 0.0990. The minimum atomic E-state index is -0.399. The van der Waals surface area contributed by atoms with Gasteiger partial charge in [0.15, 0.2) is 5.69 Å². The SMILES string of the molecule is CN1C(=O)c2ccc(F)cc2C2CCCN2c2cc(cnc2N)-c2c(C#N)nn(C)c21. The first-order chi connectivity index (χ1) is 14.9. The van der Waals surface area contributed by atoms with Crippen LogP contribution in [-0.4, -0.2) is 34.3 Å². The maximum Gasteiger partial charge on any atom is 0.259 e. The van der Waals surface area contributed by atoms with Gasteiger partial charge in [-0.05, 0) is 42.7 Å². The lowest BCUT2D eigenvalue weighted by Gasteiger charge is -2.29. The summed E-state index contributed by atoms with van der Waals surface area (Å²) < 4.78 is 15.8. The van der Waals surface area contributed by atoms with Crippen molar-refractivity contribution in [3.63, 3.8) is 0 Å². The Morgan fingerprint density at radius 3 is 2.87 bits per heavy atom. The zero-order chi connectivity index (χ0) is 21.9. The van der Waals surface area contributed by atoms with Crippen molar-refractivity contribution in [1.29, 1.82) is 5.26 Å². The van der Waals surface area contributed by atoms with Gasteiger partial charge in [0.2, 0.25) is 0 Å². The van der Waals surface area contributed by atoms with E-state index in [4.69, 9.17) is 5.73 Å². The Morgan fingerprint density at radius 1 is 1.29 bits per heavy atom. The van der Waals surface area contributed by atoms with Crippen LogP contribution in [0.25, 0.3) is 11.1 Å². The van der Waals surface area contributed by atoms with Gasteiger partial charge in [0, 0.05) is 38.0 Å². The molecule has 2 bridgehead atoms. The Morgan fingerprint density at radius 2 is 2.10 bits per heavy atom. The van der Waals surface area contributed by atoms with Crippen molar-refractivity contribution in [2.45, 2.75) is 18.9 Å². The molecule has 31 heavy (non-hydrogen) atoms. The molecule has 1 aromatic carbocycles. The molecule has 1 saturated heterocycles. The molecule has 2 N–H and O–H groups in total. The largest absolute Gasteiger partial charge is 0.382 e. The van der Waals surface area contributed by atoms with Crippen molar-refractivity contribution < 1.29 is 9.18 Å². The van der Waals surface area contributed by atoms with Gasteiger partial charge >= 0.3 is 0 Å². The van der Waals surface area contributed by atoms with Crippen LogP contribution in [0.3, 0.4) is 0 Å². The molecule has 2 aromatic heterocycles. The number of aryl methyl sites for hydroxylation is 1. The van der Waals surface area contributed by atoms with Gasteiger partial charge in [-0.2, -0.15) is 10.4 Å². The maximum absolute atomic E-state index is 14.3. The zero-order valence-electron chi connectivity index (χ0n) is 17.1. The van der Waals surface area contributed by atoms with Gasteiger partial charge < -0.3 is 10.6 Å². The number of rotatable bonds is 0. The number of carbonyl (C=O) groups excluding carboxylic acids is 1. The fraction of sp³-hybridized carbons (Fsp3) is 0.273. The van der Waals surface area contributed by atoms with Crippen LogP contribution >= 0.6 is 0 Å². The summed E-state index contributed by atoms with van der Waals surface area (Å²) >= 11 is 0. The van der Waals surface area contributed by atoms with Gasteiger partial charge in [0.25, 0.3) is 5.91 Å². The molecule has 0 saturated carbocycles. The Bertz CT molecular complexity index is 1280. The van der Waals surface area contributed by atoms with E-state index in [9.17, 15) is 14.4 Å². The van der Waals surface area contributed by atoms with E-state index in [1.807, 2.05) is 6.07 Å². The summed E-state index contributed by atoms with van der Waals surface area (Å²) in [7, 11) is 3.31. The first-order valence-electron chi connectivity index (χ1n) is 9.98. The molecule has 9 heteroatoms. The standard InChI is InChI=1S/C22H20FN7O/c1-28-21-19(16(10-24)27-29(21)2)12-8-18(20(25)26-11-12)30-7-3-4-17(30)15-9-13(23)5-6-14(15)22(28)31/h5-6,8-9,11,17H,3-4,7H2,1-2H3,(H2,25,26). The summed E-state index contributed by atoms with van der Waals surface area (Å²) in [6.07, 6.45) is 3.22. The molecular weight excluding hydrogens is 397 g/mol. The van der Waals surface area contributed by atoms with E-state index in [1.54, 1.807) is 20.3 Å². The summed E-state index contributed by atoms with van der Waals surface area (Å²) in [6.45, 7) is 0.699. The van der Waals surface area contributed by atoms with E-state index in [0.29, 0.717) is 46.1 Å². The number of benzene rings is 1. The third-order valence-corrected chi connectivity index (χ3v) is 6.10. The van der Waals surface area contributed by atoms with Crippen LogP contribution in [0.5, 0.6) is 0 Å². The fourth-order valence-electron chi connectivity index (χ4n) is 4.73. The van der Waals surface area contributed by atoms with Crippen LogP contribution in [0.4, 0.5) is 21.7 Å². The minimum absolute atomic E-state index is 0.186. The van der Waals surface area contributed by atoms with Crippen LogP contribution in [0, 0.1) is 17.1 Å². The van der Waals surface area contributed by atoms with Crippen LogP contribution in [0.15, 0.2) is 30.5 Å². The highest BCUT2D eigenvalue weighted by molar-refractivity contribution is 6.08. The molecule has 3 aromatic rings. The molecule has 1 atom stereocenters. The zero-order valence-corrected chi connectivity index (χ0v) is 17.1. The average molecular weight is 417 g/mol. The lowest BCUT2D eigenvalue weighted by atomic mass is 9.97. The van der Waals surface area contributed by atoms with Crippen molar-refractivity contribution >= 4 is 23.2 Å². The predicted molar refractivity (Wildman–Crippen MR) is 114 cm³/mol. The van der Waals surface area contributed by atoms with Crippen LogP contribution in [0.1, 0.15) is 40.5 Å². The van der Waals surface area contributed by atoms with E-state index in [1.165, 1.54) is 27.8 Å². The molecule has 2 aliphatic heterocycles. The third-order valence-electron chi connectivity index (χ3n) is 6.10. The number of nitrogens with two attached hydrogens (primary N) is 1. The predicted octanol–water partition coefficient (Wildman–Crippen LogP) is 3.01. The number of hydrogen-bond acceptors (Lipinski definition) is 6. The maximum atomic E-state index is 14.3. The summed E-state index contributed by atoms with van der Waals surface area (Å²) in [4.78, 5) is 21.5. The molecule has 0 radical (unpaired) electrons. The number of halogens is 1. The second-order valence-electron chi connectivity index (χ2n) is 7.86. The molecule has 156 valence electrons. The number of nitrogens with zero attached hydrogens (tertiary/aromatic N) is 6. The minimum Gasteiger partial charge on any atom is -0.382 e. The molecule has 8 nitrogen and oxygen atoms in total. The second kappa shape index (κ2) is 6.80. The van der Waals surface area contributed by atoms with Gasteiger partial charge in [-0.3, -0.25) is 14.4 Å². The number of pyridine rings is 1. The Kier molecular flexibility index (Phi) is 4.18. The molecule has 0 aliphatic carbocycles. The number of amides is 1. The number of carbonyl (C=O) groups is 1. The highest BCUT2D eigenvalue weighted by Gasteiger charge is 2.35. The molecule has 4 heterocycles. The summed E-state index contributed by atoms with van der Waals surface area (Å²) in [5.74, 6) is 0.100. The molecular formula is C22H20FN7O. The Hall–Kier alpha value is -3.93. The van der Waals surface area contributed by atoms with Crippen molar-refractivity contribution in [3.8, 4) is 17.2 Å². The molecule has 0 spiro atoms. The molecule has 5 rings (SSSR count). The number of fused-ring (bicyclic) bond motifs is 8. The van der Waals surface area contributed by atoms with E-state index in [2.05, 4.69) is 21.1 Å². The summed E-state index contributed by atoms with van der Waals surface area (Å²) in [6, 6.07) is 8.04. The van der Waals surface area contributed by atoms with Crippen LogP contribution < -0.4 is 15.5 Å². The van der Waals surface area contributed by atoms with Gasteiger partial charge in [-0.1, -0.05) is 0 Å². The first kappa shape index (κ1) is 19.1.